The van der Waals surface area contributed by atoms with Gasteiger partial charge in [0.25, 0.3) is 0 Å². The number of ether oxygens (including phenoxy) is 2. The number of hydrogen-bond acceptors (Lipinski definition) is 3. The summed E-state index contributed by atoms with van der Waals surface area (Å²) in [5.41, 5.74) is 0. The highest BCUT2D eigenvalue weighted by molar-refractivity contribution is 6.24. The van der Waals surface area contributed by atoms with E-state index in [1.165, 1.54) is 13.2 Å². The number of hydrogen-bond donors (Lipinski definition) is 1. The van der Waals surface area contributed by atoms with Gasteiger partial charge in [-0.2, -0.15) is 0 Å². The molecule has 0 radical (unpaired) electrons. The molecule has 1 rings (SSSR count). The van der Waals surface area contributed by atoms with Gasteiger partial charge in [0.2, 0.25) is 0 Å². The highest BCUT2D eigenvalue weighted by Gasteiger charge is 2.25. The summed E-state index contributed by atoms with van der Waals surface area (Å²) in [4.78, 5) is 0. The lowest BCUT2D eigenvalue weighted by Crippen LogP contribution is -2.25. The normalized spacial score (nSPS) is 28.7. The summed E-state index contributed by atoms with van der Waals surface area (Å²) in [7, 11) is 1.53. The van der Waals surface area contributed by atoms with Gasteiger partial charge in [0, 0.05) is 13.5 Å². The molecule has 0 aromatic rings. The van der Waals surface area contributed by atoms with Crippen LogP contribution in [0.1, 0.15) is 6.42 Å². The van der Waals surface area contributed by atoms with E-state index in [0.29, 0.717) is 6.42 Å². The molecule has 1 aliphatic rings. The molecule has 0 saturated carbocycles. The van der Waals surface area contributed by atoms with Gasteiger partial charge in [-0.05, 0) is 18.2 Å². The van der Waals surface area contributed by atoms with Crippen molar-refractivity contribution in [3.63, 3.8) is 0 Å². The number of aliphatic hydroxyl groups is 1. The summed E-state index contributed by atoms with van der Waals surface area (Å²) >= 11 is 5.97. The third-order valence-electron chi connectivity index (χ3n) is 1.51. The summed E-state index contributed by atoms with van der Waals surface area (Å²) in [6.07, 6.45) is 5.15. The van der Waals surface area contributed by atoms with Crippen LogP contribution in [-0.4, -0.2) is 24.1 Å². The molecule has 1 N–H and O–H groups in total. The quantitative estimate of drug-likeness (QED) is 0.546. The van der Waals surface area contributed by atoms with Crippen molar-refractivity contribution in [3.8, 4) is 0 Å². The first kappa shape index (κ1) is 9.58. The maximum absolute atomic E-state index is 9.00. The first-order valence-electron chi connectivity index (χ1n) is 3.56. The number of methoxy groups -OCH3 is 1. The lowest BCUT2D eigenvalue weighted by Gasteiger charge is -2.24. The Labute approximate surface area is 76.2 Å². The minimum absolute atomic E-state index is 0.141. The first-order valence-corrected chi connectivity index (χ1v) is 3.94. The lowest BCUT2D eigenvalue weighted by molar-refractivity contribution is -0.0722. The Hall–Kier alpha value is -0.510. The maximum atomic E-state index is 9.00. The maximum Gasteiger partial charge on any atom is 0.167 e. The topological polar surface area (TPSA) is 38.7 Å². The van der Waals surface area contributed by atoms with E-state index in [4.69, 9.17) is 26.2 Å². The average molecular weight is 191 g/mol. The predicted octanol–water partition coefficient (Wildman–Crippen LogP) is 1.94. The molecule has 0 amide bonds. The van der Waals surface area contributed by atoms with Gasteiger partial charge in [-0.25, -0.2) is 0 Å². The molecular weight excluding hydrogens is 180 g/mol. The molecule has 1 atom stereocenters. The molecular formula is C8H11ClO3. The van der Waals surface area contributed by atoms with Gasteiger partial charge in [0.15, 0.2) is 5.06 Å². The molecule has 0 aromatic carbocycles. The summed E-state index contributed by atoms with van der Waals surface area (Å²) in [6.45, 7) is 0.141. The summed E-state index contributed by atoms with van der Waals surface area (Å²) in [5.74, 6) is 0.215. The summed E-state index contributed by atoms with van der Waals surface area (Å²) < 4.78 is 9.88. The van der Waals surface area contributed by atoms with Gasteiger partial charge in [0.1, 0.15) is 12.6 Å². The Morgan fingerprint density at radius 2 is 2.50 bits per heavy atom. The number of allylic oxidation sites excluding steroid dienone is 1. The monoisotopic (exact) mass is 190 g/mol. The lowest BCUT2D eigenvalue weighted by atomic mass is 10.1. The number of rotatable bonds is 3. The van der Waals surface area contributed by atoms with Crippen molar-refractivity contribution in [2.45, 2.75) is 11.5 Å². The van der Waals surface area contributed by atoms with E-state index in [0.717, 1.165) is 0 Å². The van der Waals surface area contributed by atoms with Crippen LogP contribution in [0.3, 0.4) is 0 Å². The van der Waals surface area contributed by atoms with Crippen molar-refractivity contribution in [1.82, 2.24) is 0 Å². The molecule has 4 heteroatoms. The average Bonchev–Trinajstić information content (AvgIpc) is 2.08. The Balaban J connectivity index is 2.47. The Kier molecular flexibility index (Phi) is 3.14. The van der Waals surface area contributed by atoms with Gasteiger partial charge in [-0.15, -0.1) is 0 Å². The standard InChI is InChI=1S/C8H11ClO3/c1-11-6-12-8(9)4-2-7(10)3-5-8/h2-4,10H,5-6H2,1H3. The Morgan fingerprint density at radius 3 is 3.00 bits per heavy atom. The third kappa shape index (κ3) is 2.52. The Bertz CT molecular complexity index is 212. The van der Waals surface area contributed by atoms with Crippen LogP contribution in [0.4, 0.5) is 0 Å². The fourth-order valence-electron chi connectivity index (χ4n) is 0.854. The second-order valence-corrected chi connectivity index (χ2v) is 3.14. The van der Waals surface area contributed by atoms with Crippen LogP contribution in [-0.2, 0) is 9.47 Å². The van der Waals surface area contributed by atoms with Crippen LogP contribution < -0.4 is 0 Å². The fraction of sp³-hybridized carbons (Fsp3) is 0.500. The van der Waals surface area contributed by atoms with Gasteiger partial charge in [-0.1, -0.05) is 11.6 Å². The molecule has 0 saturated heterocycles. The SMILES string of the molecule is COCOC1(Cl)C=CC(O)=CC1. The summed E-state index contributed by atoms with van der Waals surface area (Å²) in [6, 6.07) is 0. The second-order valence-electron chi connectivity index (χ2n) is 2.50. The molecule has 0 bridgehead atoms. The molecule has 1 aliphatic carbocycles. The largest absolute Gasteiger partial charge is 0.508 e. The number of alkyl halides is 1. The van der Waals surface area contributed by atoms with Crippen LogP contribution in [0.5, 0.6) is 0 Å². The smallest absolute Gasteiger partial charge is 0.167 e. The van der Waals surface area contributed by atoms with E-state index in [2.05, 4.69) is 0 Å². The van der Waals surface area contributed by atoms with Crippen LogP contribution in [0.25, 0.3) is 0 Å². The zero-order chi connectivity index (χ0) is 9.03. The van der Waals surface area contributed by atoms with E-state index >= 15 is 0 Å². The van der Waals surface area contributed by atoms with Gasteiger partial charge >= 0.3 is 0 Å². The predicted molar refractivity (Wildman–Crippen MR) is 46.0 cm³/mol. The van der Waals surface area contributed by atoms with Crippen LogP contribution in [0.2, 0.25) is 0 Å². The minimum atomic E-state index is -0.859. The highest BCUT2D eigenvalue weighted by atomic mass is 35.5. The molecule has 0 spiro atoms. The number of aliphatic hydroxyl groups excluding tert-OH is 1. The van der Waals surface area contributed by atoms with Crippen molar-refractivity contribution < 1.29 is 14.6 Å². The fourth-order valence-corrected chi connectivity index (χ4v) is 1.04. The first-order chi connectivity index (χ1) is 5.66. The highest BCUT2D eigenvalue weighted by Crippen LogP contribution is 2.28. The van der Waals surface area contributed by atoms with Crippen molar-refractivity contribution in [2.75, 3.05) is 13.9 Å². The van der Waals surface area contributed by atoms with E-state index in [-0.39, 0.29) is 12.6 Å². The minimum Gasteiger partial charge on any atom is -0.508 e. The van der Waals surface area contributed by atoms with E-state index in [1.54, 1.807) is 12.2 Å². The van der Waals surface area contributed by atoms with Crippen LogP contribution in [0, 0.1) is 0 Å². The van der Waals surface area contributed by atoms with Crippen molar-refractivity contribution in [1.29, 1.82) is 0 Å². The molecule has 0 heterocycles. The van der Waals surface area contributed by atoms with Crippen molar-refractivity contribution in [3.05, 3.63) is 24.0 Å². The van der Waals surface area contributed by atoms with Gasteiger partial charge in [0.05, 0.1) is 0 Å². The molecule has 68 valence electrons. The molecule has 0 aromatic heterocycles. The zero-order valence-corrected chi connectivity index (χ0v) is 7.54. The van der Waals surface area contributed by atoms with Crippen molar-refractivity contribution >= 4 is 11.6 Å². The second kappa shape index (κ2) is 3.94. The zero-order valence-electron chi connectivity index (χ0n) is 6.79. The molecule has 12 heavy (non-hydrogen) atoms. The van der Waals surface area contributed by atoms with E-state index in [1.807, 2.05) is 0 Å². The van der Waals surface area contributed by atoms with E-state index < -0.39 is 5.06 Å². The van der Waals surface area contributed by atoms with E-state index in [9.17, 15) is 0 Å². The number of halogens is 1. The molecule has 0 fully saturated rings. The summed E-state index contributed by atoms with van der Waals surface area (Å²) in [5, 5.41) is 8.14. The molecule has 1 unspecified atom stereocenters. The van der Waals surface area contributed by atoms with Crippen molar-refractivity contribution in [2.24, 2.45) is 0 Å². The Morgan fingerprint density at radius 1 is 1.75 bits per heavy atom. The van der Waals surface area contributed by atoms with Gasteiger partial charge < -0.3 is 14.6 Å². The van der Waals surface area contributed by atoms with Crippen LogP contribution >= 0.6 is 11.6 Å². The van der Waals surface area contributed by atoms with Gasteiger partial charge in [-0.3, -0.25) is 0 Å². The van der Waals surface area contributed by atoms with Crippen LogP contribution in [0.15, 0.2) is 24.0 Å². The third-order valence-corrected chi connectivity index (χ3v) is 1.90. The molecule has 0 aliphatic heterocycles. The molecule has 3 nitrogen and oxygen atoms in total.